The number of carboxylic acids is 1. The summed E-state index contributed by atoms with van der Waals surface area (Å²) < 4.78 is 24.2. The van der Waals surface area contributed by atoms with Crippen LogP contribution in [0.2, 0.25) is 0 Å². The fourth-order valence-corrected chi connectivity index (χ4v) is 2.71. The molecule has 0 fully saturated rings. The molecule has 0 aliphatic carbocycles. The molecule has 2 N–H and O–H groups in total. The number of hydrogen-bond acceptors (Lipinski definition) is 6. The number of thiazole rings is 1. The highest BCUT2D eigenvalue weighted by Crippen LogP contribution is 2.16. The number of aryl methyl sites for hydroxylation is 1. The Labute approximate surface area is 116 Å². The number of aromatic nitrogens is 1. The Morgan fingerprint density at radius 2 is 2.21 bits per heavy atom. The van der Waals surface area contributed by atoms with E-state index >= 15 is 0 Å². The van der Waals surface area contributed by atoms with E-state index in [1.54, 1.807) is 5.38 Å². The van der Waals surface area contributed by atoms with Crippen LogP contribution in [0.4, 0.5) is 5.13 Å². The molecule has 0 aliphatic rings. The Morgan fingerprint density at radius 3 is 2.79 bits per heavy atom. The summed E-state index contributed by atoms with van der Waals surface area (Å²) in [5.74, 6) is -0.871. The molecule has 9 heteroatoms. The molecule has 1 aromatic rings. The van der Waals surface area contributed by atoms with Crippen molar-refractivity contribution in [3.8, 4) is 0 Å². The summed E-state index contributed by atoms with van der Waals surface area (Å²) >= 11 is 1.34. The van der Waals surface area contributed by atoms with Gasteiger partial charge in [0.2, 0.25) is 10.0 Å². The lowest BCUT2D eigenvalue weighted by Crippen LogP contribution is -2.28. The van der Waals surface area contributed by atoms with Gasteiger partial charge < -0.3 is 10.4 Å². The molecule has 7 nitrogen and oxygen atoms in total. The number of anilines is 1. The van der Waals surface area contributed by atoms with E-state index in [-0.39, 0.29) is 18.7 Å². The third-order valence-electron chi connectivity index (χ3n) is 2.34. The minimum atomic E-state index is -3.21. The molecule has 0 unspecified atom stereocenters. The molecule has 1 heterocycles. The fraction of sp³-hybridized carbons (Fsp3) is 0.600. The standard InChI is InChI=1S/C10H17N3O4S2/c1-13(2)19(16,17)6-5-11-10-12-8(7-18-10)3-4-9(14)15/h7H,3-6H2,1-2H3,(H,11,12)(H,14,15). The van der Waals surface area contributed by atoms with Crippen molar-refractivity contribution >= 4 is 32.5 Å². The molecule has 0 saturated heterocycles. The molecule has 1 aromatic heterocycles. The van der Waals surface area contributed by atoms with E-state index in [9.17, 15) is 13.2 Å². The van der Waals surface area contributed by atoms with Gasteiger partial charge in [-0.2, -0.15) is 0 Å². The van der Waals surface area contributed by atoms with Gasteiger partial charge >= 0.3 is 5.97 Å². The van der Waals surface area contributed by atoms with Gasteiger partial charge in [0, 0.05) is 32.4 Å². The van der Waals surface area contributed by atoms with Gasteiger partial charge in [0.1, 0.15) is 0 Å². The van der Waals surface area contributed by atoms with E-state index in [4.69, 9.17) is 5.11 Å². The minimum Gasteiger partial charge on any atom is -0.481 e. The van der Waals surface area contributed by atoms with Crippen LogP contribution in [0, 0.1) is 0 Å². The summed E-state index contributed by atoms with van der Waals surface area (Å²) in [7, 11) is -0.235. The molecule has 19 heavy (non-hydrogen) atoms. The molecule has 1 rings (SSSR count). The molecule has 108 valence electrons. The first-order valence-corrected chi connectivity index (χ1v) is 8.10. The van der Waals surface area contributed by atoms with Gasteiger partial charge in [-0.3, -0.25) is 4.79 Å². The average molecular weight is 307 g/mol. The molecule has 0 radical (unpaired) electrons. The van der Waals surface area contributed by atoms with Gasteiger partial charge in [-0.05, 0) is 0 Å². The van der Waals surface area contributed by atoms with Crippen molar-refractivity contribution in [3.63, 3.8) is 0 Å². The second-order valence-corrected chi connectivity index (χ2v) is 7.22. The van der Waals surface area contributed by atoms with Gasteiger partial charge in [-0.15, -0.1) is 11.3 Å². The fourth-order valence-electron chi connectivity index (χ4n) is 1.21. The molecular formula is C10H17N3O4S2. The second-order valence-electron chi connectivity index (χ2n) is 4.06. The van der Waals surface area contributed by atoms with Gasteiger partial charge in [-0.1, -0.05) is 0 Å². The van der Waals surface area contributed by atoms with Crippen LogP contribution < -0.4 is 5.32 Å². The third-order valence-corrected chi connectivity index (χ3v) is 5.02. The Bertz CT molecular complexity index is 525. The summed E-state index contributed by atoms with van der Waals surface area (Å²) in [6.07, 6.45) is 0.418. The van der Waals surface area contributed by atoms with E-state index in [2.05, 4.69) is 10.3 Å². The largest absolute Gasteiger partial charge is 0.481 e. The lowest BCUT2D eigenvalue weighted by molar-refractivity contribution is -0.136. The van der Waals surface area contributed by atoms with Crippen LogP contribution in [0.25, 0.3) is 0 Å². The Hall–Kier alpha value is -1.19. The van der Waals surface area contributed by atoms with Crippen molar-refractivity contribution in [2.75, 3.05) is 31.7 Å². The highest BCUT2D eigenvalue weighted by Gasteiger charge is 2.13. The van der Waals surface area contributed by atoms with Gasteiger partial charge in [0.15, 0.2) is 5.13 Å². The van der Waals surface area contributed by atoms with Crippen LogP contribution >= 0.6 is 11.3 Å². The highest BCUT2D eigenvalue weighted by molar-refractivity contribution is 7.89. The molecule has 0 spiro atoms. The van der Waals surface area contributed by atoms with E-state index < -0.39 is 16.0 Å². The first-order chi connectivity index (χ1) is 8.81. The first kappa shape index (κ1) is 15.9. The zero-order valence-electron chi connectivity index (χ0n) is 10.8. The van der Waals surface area contributed by atoms with Crippen molar-refractivity contribution in [1.82, 2.24) is 9.29 Å². The number of carbonyl (C=O) groups is 1. The van der Waals surface area contributed by atoms with Crippen molar-refractivity contribution < 1.29 is 18.3 Å². The maximum absolute atomic E-state index is 11.5. The van der Waals surface area contributed by atoms with E-state index in [0.29, 0.717) is 17.2 Å². The predicted octanol–water partition coefficient (Wildman–Crippen LogP) is 0.464. The van der Waals surface area contributed by atoms with Crippen LogP contribution in [0.5, 0.6) is 0 Å². The molecule has 0 aromatic carbocycles. The maximum Gasteiger partial charge on any atom is 0.303 e. The quantitative estimate of drug-likeness (QED) is 0.724. The lowest BCUT2D eigenvalue weighted by Gasteiger charge is -2.10. The molecule has 0 aliphatic heterocycles. The van der Waals surface area contributed by atoms with Crippen molar-refractivity contribution in [2.45, 2.75) is 12.8 Å². The summed E-state index contributed by atoms with van der Waals surface area (Å²) in [6.45, 7) is 0.270. The number of sulfonamides is 1. The number of nitrogens with zero attached hydrogens (tertiary/aromatic N) is 2. The van der Waals surface area contributed by atoms with Crippen LogP contribution in [0.1, 0.15) is 12.1 Å². The SMILES string of the molecule is CN(C)S(=O)(=O)CCNc1nc(CCC(=O)O)cs1. The molecule has 0 bridgehead atoms. The van der Waals surface area contributed by atoms with Crippen LogP contribution in [-0.4, -0.2) is 55.2 Å². The number of aliphatic carboxylic acids is 1. The lowest BCUT2D eigenvalue weighted by atomic mass is 10.2. The van der Waals surface area contributed by atoms with Gasteiger partial charge in [0.05, 0.1) is 17.9 Å². The summed E-state index contributed by atoms with van der Waals surface area (Å²) in [5, 5.41) is 13.8. The molecule has 0 saturated carbocycles. The van der Waals surface area contributed by atoms with Crippen LogP contribution in [0.3, 0.4) is 0 Å². The predicted molar refractivity (Wildman–Crippen MR) is 74.0 cm³/mol. The number of carboxylic acid groups (broad SMARTS) is 1. The molecule has 0 atom stereocenters. The summed E-state index contributed by atoms with van der Waals surface area (Å²) in [5.41, 5.74) is 0.699. The normalized spacial score (nSPS) is 11.7. The van der Waals surface area contributed by atoms with Crippen molar-refractivity contribution in [3.05, 3.63) is 11.1 Å². The second kappa shape index (κ2) is 6.83. The minimum absolute atomic E-state index is 0.00988. The van der Waals surface area contributed by atoms with E-state index in [1.165, 1.54) is 29.7 Å². The highest BCUT2D eigenvalue weighted by atomic mass is 32.2. The Kier molecular flexibility index (Phi) is 5.70. The van der Waals surface area contributed by atoms with Gasteiger partial charge in [-0.25, -0.2) is 17.7 Å². The maximum atomic E-state index is 11.5. The Morgan fingerprint density at radius 1 is 1.53 bits per heavy atom. The number of nitrogens with one attached hydrogen (secondary N) is 1. The topological polar surface area (TPSA) is 99.6 Å². The van der Waals surface area contributed by atoms with Crippen molar-refractivity contribution in [1.29, 1.82) is 0 Å². The summed E-state index contributed by atoms with van der Waals surface area (Å²) in [6, 6.07) is 0. The van der Waals surface area contributed by atoms with E-state index in [1.807, 2.05) is 0 Å². The van der Waals surface area contributed by atoms with E-state index in [0.717, 1.165) is 0 Å². The first-order valence-electron chi connectivity index (χ1n) is 5.61. The molecular weight excluding hydrogens is 290 g/mol. The molecule has 0 amide bonds. The monoisotopic (exact) mass is 307 g/mol. The number of hydrogen-bond donors (Lipinski definition) is 2. The van der Waals surface area contributed by atoms with Crippen LogP contribution in [0.15, 0.2) is 5.38 Å². The average Bonchev–Trinajstić information content (AvgIpc) is 2.74. The van der Waals surface area contributed by atoms with Crippen LogP contribution in [-0.2, 0) is 21.2 Å². The zero-order chi connectivity index (χ0) is 14.5. The third kappa shape index (κ3) is 5.53. The number of rotatable bonds is 8. The van der Waals surface area contributed by atoms with Gasteiger partial charge in [0.25, 0.3) is 0 Å². The van der Waals surface area contributed by atoms with Crippen molar-refractivity contribution in [2.24, 2.45) is 0 Å². The Balaban J connectivity index is 2.40. The summed E-state index contributed by atoms with van der Waals surface area (Å²) in [4.78, 5) is 14.6. The smallest absolute Gasteiger partial charge is 0.303 e. The zero-order valence-corrected chi connectivity index (χ0v) is 12.4.